The van der Waals surface area contributed by atoms with Crippen LogP contribution in [0, 0.1) is 46.3 Å². The van der Waals surface area contributed by atoms with Crippen molar-refractivity contribution in [1.82, 2.24) is 0 Å². The summed E-state index contributed by atoms with van der Waals surface area (Å²) in [6.45, 7) is 9.49. The fourth-order valence-corrected chi connectivity index (χ4v) is 8.30. The molecule has 2 nitrogen and oxygen atoms in total. The van der Waals surface area contributed by atoms with Crippen molar-refractivity contribution >= 4 is 0 Å². The van der Waals surface area contributed by atoms with Crippen LogP contribution >= 0.6 is 0 Å². The molecule has 0 aromatic heterocycles. The number of fused-ring (bicyclic) bond motifs is 5. The monoisotopic (exact) mass is 362 g/mol. The van der Waals surface area contributed by atoms with Gasteiger partial charge in [0, 0.05) is 0 Å². The van der Waals surface area contributed by atoms with Crippen LogP contribution in [0.4, 0.5) is 0 Å². The van der Waals surface area contributed by atoms with Crippen molar-refractivity contribution in [2.24, 2.45) is 46.3 Å². The molecule has 0 bridgehead atoms. The molecule has 4 aliphatic rings. The lowest BCUT2D eigenvalue weighted by Crippen LogP contribution is -2.54. The Bertz CT molecular complexity index is 516. The van der Waals surface area contributed by atoms with E-state index >= 15 is 0 Å². The number of hydrogen-bond acceptors (Lipinski definition) is 2. The highest BCUT2D eigenvalue weighted by molar-refractivity contribution is 5.09. The SMILES string of the molecule is CC(C)C(O)C[C@H]1CCC2C3CCC4C[C@@H](O)CCC4(C)C3CC[C@@]21C. The summed E-state index contributed by atoms with van der Waals surface area (Å²) in [5, 5.41) is 20.7. The van der Waals surface area contributed by atoms with Gasteiger partial charge in [0.25, 0.3) is 0 Å². The maximum Gasteiger partial charge on any atom is 0.0566 e. The van der Waals surface area contributed by atoms with E-state index in [4.69, 9.17) is 0 Å². The lowest BCUT2D eigenvalue weighted by atomic mass is 9.44. The van der Waals surface area contributed by atoms with Crippen LogP contribution in [0.15, 0.2) is 0 Å². The summed E-state index contributed by atoms with van der Waals surface area (Å²) in [5.41, 5.74) is 0.952. The maximum atomic E-state index is 10.5. The third-order valence-corrected chi connectivity index (χ3v) is 10.1. The lowest BCUT2D eigenvalue weighted by Gasteiger charge is -2.61. The second kappa shape index (κ2) is 6.76. The molecule has 9 atom stereocenters. The van der Waals surface area contributed by atoms with E-state index in [2.05, 4.69) is 27.7 Å². The summed E-state index contributed by atoms with van der Waals surface area (Å²) in [7, 11) is 0. The van der Waals surface area contributed by atoms with Gasteiger partial charge >= 0.3 is 0 Å². The Morgan fingerprint density at radius 2 is 1.58 bits per heavy atom. The minimum atomic E-state index is -0.124. The molecule has 26 heavy (non-hydrogen) atoms. The van der Waals surface area contributed by atoms with Gasteiger partial charge in [0.15, 0.2) is 0 Å². The fourth-order valence-electron chi connectivity index (χ4n) is 8.30. The Hall–Kier alpha value is -0.0800. The van der Waals surface area contributed by atoms with E-state index in [1.54, 1.807) is 0 Å². The maximum absolute atomic E-state index is 10.5. The smallest absolute Gasteiger partial charge is 0.0566 e. The first-order valence-corrected chi connectivity index (χ1v) is 11.6. The Balaban J connectivity index is 1.52. The van der Waals surface area contributed by atoms with Gasteiger partial charge in [-0.1, -0.05) is 27.7 Å². The van der Waals surface area contributed by atoms with Crippen molar-refractivity contribution in [2.75, 3.05) is 0 Å². The first-order chi connectivity index (χ1) is 12.3. The molecular weight excluding hydrogens is 320 g/mol. The van der Waals surface area contributed by atoms with Gasteiger partial charge < -0.3 is 10.2 Å². The molecule has 4 rings (SSSR count). The Morgan fingerprint density at radius 1 is 0.885 bits per heavy atom. The summed E-state index contributed by atoms with van der Waals surface area (Å²) < 4.78 is 0. The van der Waals surface area contributed by atoms with Gasteiger partial charge in [-0.2, -0.15) is 0 Å². The van der Waals surface area contributed by atoms with E-state index in [1.807, 2.05) is 0 Å². The van der Waals surface area contributed by atoms with Crippen LogP contribution in [0.1, 0.15) is 91.9 Å². The number of aliphatic hydroxyl groups excluding tert-OH is 2. The quantitative estimate of drug-likeness (QED) is 0.704. The highest BCUT2D eigenvalue weighted by Crippen LogP contribution is 2.67. The van der Waals surface area contributed by atoms with Gasteiger partial charge in [0.1, 0.15) is 0 Å². The number of hydrogen-bond donors (Lipinski definition) is 2. The van der Waals surface area contributed by atoms with Crippen LogP contribution in [0.25, 0.3) is 0 Å². The van der Waals surface area contributed by atoms with Crippen LogP contribution in [-0.4, -0.2) is 22.4 Å². The second-order valence-corrected chi connectivity index (χ2v) is 11.5. The molecular formula is C24H42O2. The fraction of sp³-hybridized carbons (Fsp3) is 1.00. The standard InChI is InChI=1S/C24H42O2/c1-15(2)22(26)14-17-6-8-20-19-7-5-16-13-18(25)9-11-23(16,3)21(19)10-12-24(17,20)4/h15-22,25-26H,5-14H2,1-4H3/t16?,17-,18+,19?,20?,21?,22?,23?,24-/m1/s1. The number of rotatable bonds is 3. The van der Waals surface area contributed by atoms with E-state index in [9.17, 15) is 10.2 Å². The van der Waals surface area contributed by atoms with Crippen molar-refractivity contribution in [1.29, 1.82) is 0 Å². The van der Waals surface area contributed by atoms with E-state index in [0.29, 0.717) is 16.7 Å². The average Bonchev–Trinajstić information content (AvgIpc) is 2.92. The van der Waals surface area contributed by atoms with Crippen molar-refractivity contribution in [2.45, 2.75) is 104 Å². The molecule has 0 radical (unpaired) electrons. The highest BCUT2D eigenvalue weighted by Gasteiger charge is 2.60. The first kappa shape index (κ1) is 19.2. The third-order valence-electron chi connectivity index (χ3n) is 10.1. The predicted octanol–water partition coefficient (Wildman–Crippen LogP) is 5.41. The van der Waals surface area contributed by atoms with Crippen molar-refractivity contribution < 1.29 is 10.2 Å². The third kappa shape index (κ3) is 2.89. The predicted molar refractivity (Wildman–Crippen MR) is 107 cm³/mol. The molecule has 4 aliphatic carbocycles. The zero-order valence-corrected chi connectivity index (χ0v) is 17.6. The zero-order valence-electron chi connectivity index (χ0n) is 17.6. The molecule has 150 valence electrons. The molecule has 0 aromatic rings. The zero-order chi connectivity index (χ0) is 18.7. The Kier molecular flexibility index (Phi) is 5.01. The Morgan fingerprint density at radius 3 is 2.31 bits per heavy atom. The van der Waals surface area contributed by atoms with E-state index < -0.39 is 0 Å². The topological polar surface area (TPSA) is 40.5 Å². The van der Waals surface area contributed by atoms with Crippen LogP contribution in [0.5, 0.6) is 0 Å². The summed E-state index contributed by atoms with van der Waals surface area (Å²) >= 11 is 0. The van der Waals surface area contributed by atoms with Crippen LogP contribution in [-0.2, 0) is 0 Å². The van der Waals surface area contributed by atoms with Gasteiger partial charge in [-0.3, -0.25) is 0 Å². The summed E-state index contributed by atoms with van der Waals surface area (Å²) in [6.07, 6.45) is 12.5. The summed E-state index contributed by atoms with van der Waals surface area (Å²) in [6, 6.07) is 0. The second-order valence-electron chi connectivity index (χ2n) is 11.5. The van der Waals surface area contributed by atoms with E-state index in [1.165, 1.54) is 44.9 Å². The number of aliphatic hydroxyl groups is 2. The molecule has 0 aromatic carbocycles. The largest absolute Gasteiger partial charge is 0.393 e. The summed E-state index contributed by atoms with van der Waals surface area (Å²) in [4.78, 5) is 0. The van der Waals surface area contributed by atoms with Gasteiger partial charge in [0.2, 0.25) is 0 Å². The molecule has 4 fully saturated rings. The van der Waals surface area contributed by atoms with Crippen molar-refractivity contribution in [3.05, 3.63) is 0 Å². The molecule has 0 aliphatic heterocycles. The summed E-state index contributed by atoms with van der Waals surface area (Å²) in [5.74, 6) is 4.56. The van der Waals surface area contributed by atoms with Crippen molar-refractivity contribution in [3.63, 3.8) is 0 Å². The van der Waals surface area contributed by atoms with Gasteiger partial charge in [-0.05, 0) is 111 Å². The minimum absolute atomic E-state index is 0.0353. The first-order valence-electron chi connectivity index (χ1n) is 11.6. The van der Waals surface area contributed by atoms with Gasteiger partial charge in [0.05, 0.1) is 12.2 Å². The van der Waals surface area contributed by atoms with Crippen LogP contribution in [0.3, 0.4) is 0 Å². The van der Waals surface area contributed by atoms with E-state index in [-0.39, 0.29) is 12.2 Å². The molecule has 6 unspecified atom stereocenters. The van der Waals surface area contributed by atoms with Gasteiger partial charge in [-0.15, -0.1) is 0 Å². The normalized spacial score (nSPS) is 52.3. The molecule has 0 amide bonds. The lowest BCUT2D eigenvalue weighted by molar-refractivity contribution is -0.128. The molecule has 0 heterocycles. The average molecular weight is 363 g/mol. The van der Waals surface area contributed by atoms with Crippen molar-refractivity contribution in [3.8, 4) is 0 Å². The van der Waals surface area contributed by atoms with Gasteiger partial charge in [-0.25, -0.2) is 0 Å². The Labute approximate surface area is 161 Å². The molecule has 0 saturated heterocycles. The highest BCUT2D eigenvalue weighted by atomic mass is 16.3. The molecule has 0 spiro atoms. The molecule has 2 N–H and O–H groups in total. The molecule has 2 heteroatoms. The van der Waals surface area contributed by atoms with E-state index in [0.717, 1.165) is 48.9 Å². The van der Waals surface area contributed by atoms with Crippen LogP contribution < -0.4 is 0 Å². The molecule has 4 saturated carbocycles. The van der Waals surface area contributed by atoms with Crippen LogP contribution in [0.2, 0.25) is 0 Å². The minimum Gasteiger partial charge on any atom is -0.393 e.